The van der Waals surface area contributed by atoms with Crippen molar-refractivity contribution in [3.05, 3.63) is 0 Å². The molecule has 144 valence electrons. The second kappa shape index (κ2) is 9.19. The van der Waals surface area contributed by atoms with Crippen molar-refractivity contribution in [2.75, 3.05) is 53.6 Å². The fourth-order valence-electron chi connectivity index (χ4n) is 4.67. The molecule has 2 atom stereocenters. The van der Waals surface area contributed by atoms with Gasteiger partial charge in [0.05, 0.1) is 12.7 Å². The highest BCUT2D eigenvalue weighted by Crippen LogP contribution is 2.40. The maximum Gasteiger partial charge on any atom is 0.191 e. The molecule has 0 radical (unpaired) electrons. The molecule has 0 aromatic rings. The van der Waals surface area contributed by atoms with Crippen molar-refractivity contribution in [1.82, 2.24) is 15.5 Å². The number of hydrogen-bond donors (Lipinski definition) is 2. The number of morpholine rings is 1. The third kappa shape index (κ3) is 5.08. The van der Waals surface area contributed by atoms with E-state index in [1.807, 2.05) is 7.05 Å². The number of ether oxygens (including phenoxy) is 2. The lowest BCUT2D eigenvalue weighted by molar-refractivity contribution is -0.0453. The van der Waals surface area contributed by atoms with Crippen LogP contribution >= 0.6 is 0 Å². The van der Waals surface area contributed by atoms with Crippen LogP contribution in [0.15, 0.2) is 4.99 Å². The third-order valence-electron chi connectivity index (χ3n) is 6.31. The number of fused-ring (bicyclic) bond motifs is 1. The molecule has 2 aliphatic heterocycles. The van der Waals surface area contributed by atoms with Crippen LogP contribution in [0, 0.1) is 5.41 Å². The fraction of sp³-hybridized carbons (Fsp3) is 0.947. The summed E-state index contributed by atoms with van der Waals surface area (Å²) in [6, 6.07) is 0.664. The summed E-state index contributed by atoms with van der Waals surface area (Å²) in [6.45, 7) is 5.83. The van der Waals surface area contributed by atoms with Gasteiger partial charge in [-0.15, -0.1) is 0 Å². The van der Waals surface area contributed by atoms with E-state index in [0.29, 0.717) is 11.5 Å². The van der Waals surface area contributed by atoms with Crippen LogP contribution in [0.1, 0.15) is 44.9 Å². The first-order chi connectivity index (χ1) is 12.2. The minimum Gasteiger partial charge on any atom is -0.385 e. The van der Waals surface area contributed by atoms with Crippen molar-refractivity contribution in [3.63, 3.8) is 0 Å². The van der Waals surface area contributed by atoms with E-state index in [-0.39, 0.29) is 6.10 Å². The summed E-state index contributed by atoms with van der Waals surface area (Å²) >= 11 is 0. The maximum atomic E-state index is 6.03. The minimum atomic E-state index is 0.266. The quantitative estimate of drug-likeness (QED) is 0.539. The maximum absolute atomic E-state index is 6.03. The van der Waals surface area contributed by atoms with Crippen molar-refractivity contribution in [2.45, 2.75) is 57.1 Å². The molecular formula is C19H36N4O2. The average Bonchev–Trinajstić information content (AvgIpc) is 3.29. The largest absolute Gasteiger partial charge is 0.385 e. The molecule has 3 fully saturated rings. The Morgan fingerprint density at radius 3 is 2.88 bits per heavy atom. The summed E-state index contributed by atoms with van der Waals surface area (Å²) in [7, 11) is 3.65. The number of hydrogen-bond acceptors (Lipinski definition) is 4. The first-order valence-corrected chi connectivity index (χ1v) is 10.0. The van der Waals surface area contributed by atoms with E-state index < -0.39 is 0 Å². The van der Waals surface area contributed by atoms with Crippen LogP contribution < -0.4 is 10.6 Å². The summed E-state index contributed by atoms with van der Waals surface area (Å²) in [6.07, 6.45) is 9.28. The Hall–Kier alpha value is -0.850. The molecule has 2 N–H and O–H groups in total. The Kier molecular flexibility index (Phi) is 6.96. The van der Waals surface area contributed by atoms with Crippen molar-refractivity contribution >= 4 is 5.96 Å². The van der Waals surface area contributed by atoms with Crippen LogP contribution in [0.25, 0.3) is 0 Å². The standard InChI is InChI=1S/C19H36N4O2/c1-20-18(22-15-19(9-11-24-2)7-3-4-8-19)21-12-17-13-23-10-5-6-16(23)14-25-17/h16-17H,3-15H2,1-2H3,(H2,20,21,22). The minimum absolute atomic E-state index is 0.266. The van der Waals surface area contributed by atoms with Gasteiger partial charge in [-0.05, 0) is 44.1 Å². The van der Waals surface area contributed by atoms with E-state index in [9.17, 15) is 0 Å². The molecule has 2 unspecified atom stereocenters. The molecule has 3 rings (SSSR count). The van der Waals surface area contributed by atoms with Gasteiger partial charge >= 0.3 is 0 Å². The molecule has 6 heteroatoms. The van der Waals surface area contributed by atoms with Gasteiger partial charge in [-0.3, -0.25) is 9.89 Å². The molecule has 0 aromatic heterocycles. The van der Waals surface area contributed by atoms with Crippen molar-refractivity contribution in [3.8, 4) is 0 Å². The monoisotopic (exact) mass is 352 g/mol. The summed E-state index contributed by atoms with van der Waals surface area (Å²) in [5.74, 6) is 0.899. The number of methoxy groups -OCH3 is 1. The van der Waals surface area contributed by atoms with Crippen LogP contribution in [0.5, 0.6) is 0 Å². The predicted molar refractivity (Wildman–Crippen MR) is 101 cm³/mol. The number of nitrogens with zero attached hydrogens (tertiary/aromatic N) is 2. The SMILES string of the molecule is CN=C(NCC1CN2CCCC2CO1)NCC1(CCOC)CCCC1. The molecule has 2 saturated heterocycles. The number of rotatable bonds is 7. The van der Waals surface area contributed by atoms with Gasteiger partial charge in [0, 0.05) is 46.4 Å². The van der Waals surface area contributed by atoms with Gasteiger partial charge in [0.1, 0.15) is 0 Å². The van der Waals surface area contributed by atoms with Gasteiger partial charge in [-0.25, -0.2) is 0 Å². The topological polar surface area (TPSA) is 58.1 Å². The second-order valence-corrected chi connectivity index (χ2v) is 8.00. The fourth-order valence-corrected chi connectivity index (χ4v) is 4.67. The van der Waals surface area contributed by atoms with E-state index in [1.54, 1.807) is 7.11 Å². The van der Waals surface area contributed by atoms with Gasteiger partial charge in [0.2, 0.25) is 0 Å². The Balaban J connectivity index is 1.41. The van der Waals surface area contributed by atoms with Gasteiger partial charge in [0.25, 0.3) is 0 Å². The predicted octanol–water partition coefficient (Wildman–Crippen LogP) is 1.61. The van der Waals surface area contributed by atoms with E-state index in [4.69, 9.17) is 9.47 Å². The van der Waals surface area contributed by atoms with Gasteiger partial charge < -0.3 is 20.1 Å². The summed E-state index contributed by atoms with van der Waals surface area (Å²) in [5.41, 5.74) is 0.373. The highest BCUT2D eigenvalue weighted by molar-refractivity contribution is 5.79. The first-order valence-electron chi connectivity index (χ1n) is 10.0. The zero-order valence-corrected chi connectivity index (χ0v) is 16.1. The van der Waals surface area contributed by atoms with Gasteiger partial charge in [-0.1, -0.05) is 12.8 Å². The van der Waals surface area contributed by atoms with Crippen LogP contribution in [-0.4, -0.2) is 76.6 Å². The third-order valence-corrected chi connectivity index (χ3v) is 6.31. The molecule has 0 spiro atoms. The number of guanidine groups is 1. The lowest BCUT2D eigenvalue weighted by Crippen LogP contribution is -2.52. The molecule has 0 bridgehead atoms. The summed E-state index contributed by atoms with van der Waals surface area (Å²) < 4.78 is 11.4. The molecule has 6 nitrogen and oxygen atoms in total. The van der Waals surface area contributed by atoms with E-state index >= 15 is 0 Å². The molecule has 1 aliphatic carbocycles. The van der Waals surface area contributed by atoms with Crippen LogP contribution in [-0.2, 0) is 9.47 Å². The first kappa shape index (κ1) is 18.9. The van der Waals surface area contributed by atoms with E-state index in [0.717, 1.165) is 45.2 Å². The molecule has 25 heavy (non-hydrogen) atoms. The summed E-state index contributed by atoms with van der Waals surface area (Å²) in [5, 5.41) is 7.03. The zero-order valence-electron chi connectivity index (χ0n) is 16.1. The lowest BCUT2D eigenvalue weighted by atomic mass is 9.83. The zero-order chi connectivity index (χ0) is 17.5. The highest BCUT2D eigenvalue weighted by Gasteiger charge is 2.34. The molecular weight excluding hydrogens is 316 g/mol. The Labute approximate surface area is 152 Å². The van der Waals surface area contributed by atoms with Crippen LogP contribution in [0.3, 0.4) is 0 Å². The van der Waals surface area contributed by atoms with Gasteiger partial charge in [-0.2, -0.15) is 0 Å². The molecule has 0 amide bonds. The number of nitrogens with one attached hydrogen (secondary N) is 2. The summed E-state index contributed by atoms with van der Waals surface area (Å²) in [4.78, 5) is 6.99. The Morgan fingerprint density at radius 2 is 2.12 bits per heavy atom. The number of aliphatic imine (C=N–C) groups is 1. The van der Waals surface area contributed by atoms with Crippen LogP contribution in [0.2, 0.25) is 0 Å². The van der Waals surface area contributed by atoms with Crippen molar-refractivity contribution < 1.29 is 9.47 Å². The smallest absolute Gasteiger partial charge is 0.191 e. The highest BCUT2D eigenvalue weighted by atomic mass is 16.5. The van der Waals surface area contributed by atoms with E-state index in [1.165, 1.54) is 45.1 Å². The molecule has 2 heterocycles. The normalized spacial score (nSPS) is 29.6. The second-order valence-electron chi connectivity index (χ2n) is 8.00. The Morgan fingerprint density at radius 1 is 1.28 bits per heavy atom. The van der Waals surface area contributed by atoms with E-state index in [2.05, 4.69) is 20.5 Å². The Bertz CT molecular complexity index is 437. The molecule has 0 aromatic carbocycles. The molecule has 1 saturated carbocycles. The lowest BCUT2D eigenvalue weighted by Gasteiger charge is -2.35. The van der Waals surface area contributed by atoms with Crippen molar-refractivity contribution in [2.24, 2.45) is 10.4 Å². The average molecular weight is 353 g/mol. The molecule has 3 aliphatic rings. The van der Waals surface area contributed by atoms with Crippen LogP contribution in [0.4, 0.5) is 0 Å². The van der Waals surface area contributed by atoms with Gasteiger partial charge in [0.15, 0.2) is 5.96 Å². The van der Waals surface area contributed by atoms with Crippen molar-refractivity contribution in [1.29, 1.82) is 0 Å².